The lowest BCUT2D eigenvalue weighted by molar-refractivity contribution is -0.123. The molecule has 1 aliphatic rings. The predicted octanol–water partition coefficient (Wildman–Crippen LogP) is 0.163. The van der Waals surface area contributed by atoms with Crippen molar-refractivity contribution in [3.8, 4) is 0 Å². The predicted molar refractivity (Wildman–Crippen MR) is 103 cm³/mol. The first-order valence-corrected chi connectivity index (χ1v) is 9.26. The Kier molecular flexibility index (Phi) is 6.08. The fraction of sp³-hybridized carbons (Fsp3) is 0.526. The maximum absolute atomic E-state index is 12.4. The number of carbonyl (C=O) groups excluding carboxylic acids is 1. The normalized spacial score (nSPS) is 18.1. The molecule has 1 aliphatic heterocycles. The number of hydrogen-bond acceptors (Lipinski definition) is 5. The number of morpholine rings is 1. The molecule has 27 heavy (non-hydrogen) atoms. The van der Waals surface area contributed by atoms with Gasteiger partial charge in [0.15, 0.2) is 0 Å². The fourth-order valence-corrected chi connectivity index (χ4v) is 3.37. The summed E-state index contributed by atoms with van der Waals surface area (Å²) in [6.07, 6.45) is -0.0752. The van der Waals surface area contributed by atoms with Crippen LogP contribution in [0.25, 0.3) is 10.8 Å². The van der Waals surface area contributed by atoms with Crippen molar-refractivity contribution in [3.05, 3.63) is 45.0 Å². The molecule has 2 N–H and O–H groups in total. The van der Waals surface area contributed by atoms with Gasteiger partial charge >= 0.3 is 0 Å². The number of rotatable bonds is 6. The van der Waals surface area contributed by atoms with Gasteiger partial charge in [-0.2, -0.15) is 0 Å². The van der Waals surface area contributed by atoms with Crippen LogP contribution in [0.15, 0.2) is 33.9 Å². The maximum Gasteiger partial charge on any atom is 0.273 e. The van der Waals surface area contributed by atoms with Crippen LogP contribution >= 0.6 is 0 Å². The Labute approximate surface area is 157 Å². The second-order valence-electron chi connectivity index (χ2n) is 7.33. The van der Waals surface area contributed by atoms with Gasteiger partial charge in [0.2, 0.25) is 5.91 Å². The molecule has 1 saturated heterocycles. The number of hydrogen-bond donors (Lipinski definition) is 2. The second-order valence-corrected chi connectivity index (χ2v) is 7.33. The Bertz CT molecular complexity index is 918. The van der Waals surface area contributed by atoms with E-state index >= 15 is 0 Å². The lowest BCUT2D eigenvalue weighted by Gasteiger charge is -2.33. The molecule has 2 aromatic rings. The summed E-state index contributed by atoms with van der Waals surface area (Å²) < 4.78 is 6.76. The third-order valence-corrected chi connectivity index (χ3v) is 4.56. The number of H-pyrrole nitrogens is 1. The molecule has 0 radical (unpaired) electrons. The van der Waals surface area contributed by atoms with Gasteiger partial charge in [-0.05, 0) is 18.1 Å². The summed E-state index contributed by atoms with van der Waals surface area (Å²) >= 11 is 0. The Morgan fingerprint density at radius 1 is 1.30 bits per heavy atom. The van der Waals surface area contributed by atoms with E-state index in [-0.39, 0.29) is 18.6 Å². The minimum absolute atomic E-state index is 0.0752. The van der Waals surface area contributed by atoms with Crippen molar-refractivity contribution in [2.24, 2.45) is 5.92 Å². The van der Waals surface area contributed by atoms with E-state index < -0.39 is 11.1 Å². The van der Waals surface area contributed by atoms with Gasteiger partial charge in [-0.1, -0.05) is 26.0 Å². The van der Waals surface area contributed by atoms with Gasteiger partial charge in [-0.25, -0.2) is 4.68 Å². The van der Waals surface area contributed by atoms with E-state index in [1.807, 2.05) is 0 Å². The van der Waals surface area contributed by atoms with Crippen molar-refractivity contribution in [2.75, 3.05) is 32.8 Å². The van der Waals surface area contributed by atoms with E-state index in [9.17, 15) is 14.4 Å². The largest absolute Gasteiger partial charge is 0.374 e. The number of fused-ring (bicyclic) bond motifs is 1. The van der Waals surface area contributed by atoms with Crippen LogP contribution in [0.2, 0.25) is 0 Å². The number of benzene rings is 1. The van der Waals surface area contributed by atoms with Gasteiger partial charge in [0.25, 0.3) is 11.1 Å². The zero-order valence-electron chi connectivity index (χ0n) is 15.7. The zero-order chi connectivity index (χ0) is 19.4. The summed E-state index contributed by atoms with van der Waals surface area (Å²) in [5, 5.41) is 5.88. The minimum Gasteiger partial charge on any atom is -0.374 e. The Morgan fingerprint density at radius 3 is 2.78 bits per heavy atom. The molecule has 1 atom stereocenters. The first kappa shape index (κ1) is 19.3. The number of aromatic nitrogens is 2. The van der Waals surface area contributed by atoms with Crippen molar-refractivity contribution < 1.29 is 9.53 Å². The van der Waals surface area contributed by atoms with Crippen molar-refractivity contribution in [1.82, 2.24) is 20.0 Å². The van der Waals surface area contributed by atoms with Crippen LogP contribution in [0.4, 0.5) is 0 Å². The summed E-state index contributed by atoms with van der Waals surface area (Å²) in [6, 6.07) is 6.56. The van der Waals surface area contributed by atoms with Crippen LogP contribution in [0, 0.1) is 5.92 Å². The van der Waals surface area contributed by atoms with Gasteiger partial charge in [0.1, 0.15) is 6.54 Å². The zero-order valence-corrected chi connectivity index (χ0v) is 15.7. The summed E-state index contributed by atoms with van der Waals surface area (Å²) in [6.45, 7) is 7.80. The highest BCUT2D eigenvalue weighted by Gasteiger charge is 2.21. The van der Waals surface area contributed by atoms with Crippen LogP contribution in [0.1, 0.15) is 13.8 Å². The smallest absolute Gasteiger partial charge is 0.273 e. The fourth-order valence-electron chi connectivity index (χ4n) is 3.37. The molecule has 0 saturated carbocycles. The van der Waals surface area contributed by atoms with Gasteiger partial charge in [-0.15, -0.1) is 0 Å². The first-order chi connectivity index (χ1) is 12.9. The third kappa shape index (κ3) is 4.84. The minimum atomic E-state index is -0.391. The second kappa shape index (κ2) is 8.49. The molecule has 1 aromatic carbocycles. The first-order valence-electron chi connectivity index (χ1n) is 9.26. The molecule has 0 bridgehead atoms. The van der Waals surface area contributed by atoms with E-state index in [0.717, 1.165) is 24.3 Å². The Balaban J connectivity index is 1.60. The van der Waals surface area contributed by atoms with E-state index in [2.05, 4.69) is 29.2 Å². The van der Waals surface area contributed by atoms with Gasteiger partial charge in [0, 0.05) is 26.2 Å². The molecular formula is C19H26N4O4. The molecule has 2 heterocycles. The van der Waals surface area contributed by atoms with Crippen molar-refractivity contribution >= 4 is 16.7 Å². The molecule has 1 fully saturated rings. The molecule has 3 rings (SSSR count). The molecule has 8 nitrogen and oxygen atoms in total. The highest BCUT2D eigenvalue weighted by atomic mass is 16.5. The SMILES string of the molecule is CC(C)CN1CCOC(CNC(=O)Cn2[nH]c(=O)c3ccccc3c2=O)C1. The maximum atomic E-state index is 12.4. The van der Waals surface area contributed by atoms with Crippen LogP contribution in [0.5, 0.6) is 0 Å². The van der Waals surface area contributed by atoms with E-state index in [0.29, 0.717) is 29.8 Å². The quantitative estimate of drug-likeness (QED) is 0.751. The van der Waals surface area contributed by atoms with Crippen LogP contribution in [-0.4, -0.2) is 59.5 Å². The van der Waals surface area contributed by atoms with Gasteiger partial charge in [0.05, 0.1) is 23.5 Å². The number of aromatic amines is 1. The average molecular weight is 374 g/mol. The molecule has 1 aromatic heterocycles. The molecule has 1 amide bonds. The van der Waals surface area contributed by atoms with Gasteiger partial charge in [-0.3, -0.25) is 24.4 Å². The molecular weight excluding hydrogens is 348 g/mol. The molecule has 0 aliphatic carbocycles. The molecule has 8 heteroatoms. The van der Waals surface area contributed by atoms with Crippen LogP contribution < -0.4 is 16.4 Å². The highest BCUT2D eigenvalue weighted by molar-refractivity contribution is 5.81. The average Bonchev–Trinajstić information content (AvgIpc) is 2.64. The molecule has 146 valence electrons. The van der Waals surface area contributed by atoms with Crippen molar-refractivity contribution in [1.29, 1.82) is 0 Å². The number of amides is 1. The van der Waals surface area contributed by atoms with Crippen LogP contribution in [-0.2, 0) is 16.1 Å². The lowest BCUT2D eigenvalue weighted by Crippen LogP contribution is -2.49. The molecule has 0 spiro atoms. The highest BCUT2D eigenvalue weighted by Crippen LogP contribution is 2.07. The van der Waals surface area contributed by atoms with E-state index in [4.69, 9.17) is 4.74 Å². The lowest BCUT2D eigenvalue weighted by atomic mass is 10.2. The Morgan fingerprint density at radius 2 is 2.04 bits per heavy atom. The van der Waals surface area contributed by atoms with Crippen molar-refractivity contribution in [2.45, 2.75) is 26.5 Å². The monoisotopic (exact) mass is 374 g/mol. The van der Waals surface area contributed by atoms with E-state index in [1.54, 1.807) is 24.3 Å². The summed E-state index contributed by atoms with van der Waals surface area (Å²) in [4.78, 5) is 39.1. The number of nitrogens with zero attached hydrogens (tertiary/aromatic N) is 2. The van der Waals surface area contributed by atoms with Gasteiger partial charge < -0.3 is 10.1 Å². The standard InChI is InChI=1S/C19H26N4O4/c1-13(2)10-22-7-8-27-14(11-22)9-20-17(24)12-23-19(26)16-6-4-3-5-15(16)18(25)21-23/h3-6,13-14H,7-12H2,1-2H3,(H,20,24)(H,21,25). The summed E-state index contributed by atoms with van der Waals surface area (Å²) in [5.74, 6) is 0.238. The number of ether oxygens (including phenoxy) is 1. The van der Waals surface area contributed by atoms with Crippen molar-refractivity contribution in [3.63, 3.8) is 0 Å². The summed E-state index contributed by atoms with van der Waals surface area (Å²) in [5.41, 5.74) is -0.782. The molecule has 1 unspecified atom stereocenters. The summed E-state index contributed by atoms with van der Waals surface area (Å²) in [7, 11) is 0. The van der Waals surface area contributed by atoms with Crippen LogP contribution in [0.3, 0.4) is 0 Å². The Hall–Kier alpha value is -2.45. The van der Waals surface area contributed by atoms with E-state index in [1.165, 1.54) is 0 Å². The third-order valence-electron chi connectivity index (χ3n) is 4.56. The number of nitrogens with one attached hydrogen (secondary N) is 2. The number of carbonyl (C=O) groups is 1. The topological polar surface area (TPSA) is 96.4 Å².